The number of hydrogen-bond acceptors (Lipinski definition) is 4. The van der Waals surface area contributed by atoms with Crippen molar-refractivity contribution in [3.63, 3.8) is 0 Å². The minimum atomic E-state index is -3.55. The van der Waals surface area contributed by atoms with E-state index in [2.05, 4.69) is 10.1 Å². The van der Waals surface area contributed by atoms with Gasteiger partial charge in [-0.15, -0.1) is 0 Å². The summed E-state index contributed by atoms with van der Waals surface area (Å²) >= 11 is 5.85. The zero-order valence-corrected chi connectivity index (χ0v) is 14.5. The maximum Gasteiger partial charge on any atom is 0.243 e. The van der Waals surface area contributed by atoms with E-state index in [1.54, 1.807) is 18.3 Å². The molecule has 2 aromatic heterocycles. The van der Waals surface area contributed by atoms with Gasteiger partial charge in [0.1, 0.15) is 0 Å². The number of nitrogens with zero attached hydrogens (tertiary/aromatic N) is 4. The van der Waals surface area contributed by atoms with Crippen LogP contribution >= 0.6 is 11.6 Å². The first-order valence-corrected chi connectivity index (χ1v) is 9.36. The summed E-state index contributed by atoms with van der Waals surface area (Å²) in [5.74, 6) is 0. The van der Waals surface area contributed by atoms with Crippen molar-refractivity contribution in [2.24, 2.45) is 0 Å². The zero-order valence-electron chi connectivity index (χ0n) is 13.0. The Balaban J connectivity index is 1.71. The molecule has 0 atom stereocenters. The van der Waals surface area contributed by atoms with Gasteiger partial charge in [0.25, 0.3) is 0 Å². The van der Waals surface area contributed by atoms with Gasteiger partial charge in [-0.1, -0.05) is 11.6 Å². The summed E-state index contributed by atoms with van der Waals surface area (Å²) in [5.41, 5.74) is 3.59. The third kappa shape index (κ3) is 2.49. The van der Waals surface area contributed by atoms with Gasteiger partial charge in [0, 0.05) is 42.4 Å². The molecule has 1 aliphatic heterocycles. The highest BCUT2D eigenvalue weighted by Crippen LogP contribution is 2.25. The first-order valence-electron chi connectivity index (χ1n) is 7.54. The van der Waals surface area contributed by atoms with Crippen LogP contribution in [0.3, 0.4) is 0 Å². The van der Waals surface area contributed by atoms with Crippen LogP contribution in [0.4, 0.5) is 0 Å². The third-order valence-corrected chi connectivity index (χ3v) is 6.30. The smallest absolute Gasteiger partial charge is 0.237 e. The average molecular weight is 363 g/mol. The van der Waals surface area contributed by atoms with Crippen LogP contribution in [0, 0.1) is 6.92 Å². The van der Waals surface area contributed by atoms with Crippen molar-refractivity contribution in [2.45, 2.75) is 24.8 Å². The molecule has 0 radical (unpaired) electrons. The van der Waals surface area contributed by atoms with Gasteiger partial charge in [0.15, 0.2) is 5.65 Å². The van der Waals surface area contributed by atoms with E-state index in [9.17, 15) is 8.42 Å². The van der Waals surface area contributed by atoms with Gasteiger partial charge in [-0.2, -0.15) is 9.40 Å². The molecule has 0 aliphatic carbocycles. The van der Waals surface area contributed by atoms with Crippen molar-refractivity contribution in [3.05, 3.63) is 58.5 Å². The van der Waals surface area contributed by atoms with Gasteiger partial charge in [0.2, 0.25) is 10.0 Å². The number of aromatic nitrogens is 3. The monoisotopic (exact) mass is 362 g/mol. The Morgan fingerprint density at radius 2 is 1.96 bits per heavy atom. The molecule has 0 bridgehead atoms. The lowest BCUT2D eigenvalue weighted by Crippen LogP contribution is -2.37. The Hall–Kier alpha value is -1.96. The van der Waals surface area contributed by atoms with E-state index in [0.717, 1.165) is 22.6 Å². The number of fused-ring (bicyclic) bond motifs is 3. The summed E-state index contributed by atoms with van der Waals surface area (Å²) in [5, 5.41) is 4.97. The minimum Gasteiger partial charge on any atom is -0.237 e. The summed E-state index contributed by atoms with van der Waals surface area (Å²) in [6, 6.07) is 8.15. The molecule has 0 unspecified atom stereocenters. The topological polar surface area (TPSA) is 67.6 Å². The normalized spacial score (nSPS) is 15.6. The molecule has 1 aromatic carbocycles. The van der Waals surface area contributed by atoms with Crippen molar-refractivity contribution >= 4 is 27.3 Å². The van der Waals surface area contributed by atoms with E-state index in [1.807, 2.05) is 17.5 Å². The summed E-state index contributed by atoms with van der Waals surface area (Å²) in [7, 11) is -3.55. The second-order valence-electron chi connectivity index (χ2n) is 5.83. The van der Waals surface area contributed by atoms with Crippen LogP contribution in [0.1, 0.15) is 17.0 Å². The molecule has 24 heavy (non-hydrogen) atoms. The average Bonchev–Trinajstić information content (AvgIpc) is 2.95. The molecule has 0 spiro atoms. The highest BCUT2D eigenvalue weighted by molar-refractivity contribution is 7.89. The van der Waals surface area contributed by atoms with E-state index >= 15 is 0 Å². The highest BCUT2D eigenvalue weighted by Gasteiger charge is 2.29. The van der Waals surface area contributed by atoms with Crippen LogP contribution in [0.2, 0.25) is 5.02 Å². The number of halogens is 1. The molecule has 4 rings (SSSR count). The fourth-order valence-corrected chi connectivity index (χ4v) is 4.53. The van der Waals surface area contributed by atoms with Gasteiger partial charge in [-0.3, -0.25) is 0 Å². The lowest BCUT2D eigenvalue weighted by atomic mass is 10.1. The largest absolute Gasteiger partial charge is 0.243 e. The van der Waals surface area contributed by atoms with Gasteiger partial charge >= 0.3 is 0 Å². The van der Waals surface area contributed by atoms with E-state index in [1.165, 1.54) is 16.4 Å². The highest BCUT2D eigenvalue weighted by atomic mass is 35.5. The molecule has 0 saturated carbocycles. The standard InChI is InChI=1S/C16H15ClN4O2S/c1-11-8-16-18-9-12-10-20(7-6-15(12)21(16)19-11)24(22,23)14-4-2-13(17)3-5-14/h2-5,8-9H,6-7,10H2,1H3. The maximum atomic E-state index is 12.8. The number of sulfonamides is 1. The third-order valence-electron chi connectivity index (χ3n) is 4.19. The SMILES string of the molecule is Cc1cc2ncc3c(n2n1)CCN(S(=O)(=O)c1ccc(Cl)cc1)C3. The van der Waals surface area contributed by atoms with E-state index < -0.39 is 10.0 Å². The second kappa shape index (κ2) is 5.54. The Kier molecular flexibility index (Phi) is 3.59. The molecule has 0 amide bonds. The molecule has 3 aromatic rings. The van der Waals surface area contributed by atoms with Gasteiger partial charge in [0.05, 0.1) is 16.3 Å². The molecule has 1 aliphatic rings. The second-order valence-corrected chi connectivity index (χ2v) is 8.20. The fourth-order valence-electron chi connectivity index (χ4n) is 2.99. The summed E-state index contributed by atoms with van der Waals surface area (Å²) in [6.45, 7) is 2.62. The molecule has 3 heterocycles. The quantitative estimate of drug-likeness (QED) is 0.702. The maximum absolute atomic E-state index is 12.8. The van der Waals surface area contributed by atoms with Crippen LogP contribution < -0.4 is 0 Å². The molecule has 0 N–H and O–H groups in total. The molecular formula is C16H15ClN4O2S. The van der Waals surface area contributed by atoms with E-state index in [-0.39, 0.29) is 4.90 Å². The fraction of sp³-hybridized carbons (Fsp3) is 0.250. The van der Waals surface area contributed by atoms with Crippen LogP contribution in [0.15, 0.2) is 41.4 Å². The number of rotatable bonds is 2. The first-order chi connectivity index (χ1) is 11.4. The van der Waals surface area contributed by atoms with Crippen molar-refractivity contribution < 1.29 is 8.42 Å². The van der Waals surface area contributed by atoms with Crippen molar-refractivity contribution in [3.8, 4) is 0 Å². The van der Waals surface area contributed by atoms with E-state index in [0.29, 0.717) is 24.5 Å². The Morgan fingerprint density at radius 3 is 2.71 bits per heavy atom. The van der Waals surface area contributed by atoms with Crippen LogP contribution in [-0.2, 0) is 23.0 Å². The van der Waals surface area contributed by atoms with Crippen molar-refractivity contribution in [1.29, 1.82) is 0 Å². The first kappa shape index (κ1) is 15.6. The summed E-state index contributed by atoms with van der Waals surface area (Å²) in [4.78, 5) is 4.63. The lowest BCUT2D eigenvalue weighted by molar-refractivity contribution is 0.384. The van der Waals surface area contributed by atoms with Gasteiger partial charge in [-0.05, 0) is 31.2 Å². The number of hydrogen-bond donors (Lipinski definition) is 0. The summed E-state index contributed by atoms with van der Waals surface area (Å²) < 4.78 is 28.9. The molecule has 0 fully saturated rings. The van der Waals surface area contributed by atoms with E-state index in [4.69, 9.17) is 11.6 Å². The minimum absolute atomic E-state index is 0.249. The number of aryl methyl sites for hydroxylation is 1. The van der Waals surface area contributed by atoms with Gasteiger partial charge in [-0.25, -0.2) is 17.9 Å². The number of benzene rings is 1. The Bertz CT molecular complexity index is 1030. The molecule has 0 saturated heterocycles. The Labute approximate surface area is 144 Å². The Morgan fingerprint density at radius 1 is 1.21 bits per heavy atom. The predicted molar refractivity (Wildman–Crippen MR) is 90.5 cm³/mol. The molecule has 124 valence electrons. The zero-order chi connectivity index (χ0) is 16.9. The summed E-state index contributed by atoms with van der Waals surface area (Å²) in [6.07, 6.45) is 2.34. The van der Waals surface area contributed by atoms with Crippen LogP contribution in [0.25, 0.3) is 5.65 Å². The van der Waals surface area contributed by atoms with Crippen LogP contribution in [-0.4, -0.2) is 33.9 Å². The van der Waals surface area contributed by atoms with Crippen molar-refractivity contribution in [2.75, 3.05) is 6.54 Å². The molecular weight excluding hydrogens is 348 g/mol. The van der Waals surface area contributed by atoms with Crippen LogP contribution in [0.5, 0.6) is 0 Å². The lowest BCUT2D eigenvalue weighted by Gasteiger charge is -2.28. The molecule has 6 nitrogen and oxygen atoms in total. The predicted octanol–water partition coefficient (Wildman–Crippen LogP) is 2.44. The van der Waals surface area contributed by atoms with Gasteiger partial charge < -0.3 is 0 Å². The molecule has 8 heteroatoms. The van der Waals surface area contributed by atoms with Crippen molar-refractivity contribution in [1.82, 2.24) is 18.9 Å².